The molecular weight excluding hydrogens is 394 g/mol. The third-order valence-corrected chi connectivity index (χ3v) is 6.16. The second-order valence-corrected chi connectivity index (χ2v) is 8.06. The van der Waals surface area contributed by atoms with Crippen LogP contribution in [0.4, 0.5) is 14.5 Å². The molecule has 2 aromatic rings. The van der Waals surface area contributed by atoms with Crippen LogP contribution in [0.25, 0.3) is 0 Å². The van der Waals surface area contributed by atoms with Crippen LogP contribution in [0.3, 0.4) is 0 Å². The Hall–Kier alpha value is -2.72. The number of carbonyl (C=O) groups excluding carboxylic acids is 1. The molecule has 2 aromatic carbocycles. The van der Waals surface area contributed by atoms with Gasteiger partial charge in [-0.15, -0.1) is 0 Å². The number of hydrogen-bond donors (Lipinski definition) is 2. The van der Waals surface area contributed by atoms with E-state index in [2.05, 4.69) is 10.1 Å². The van der Waals surface area contributed by atoms with E-state index in [1.54, 1.807) is 0 Å². The van der Waals surface area contributed by atoms with Gasteiger partial charge in [-0.2, -0.15) is 13.1 Å². The summed E-state index contributed by atoms with van der Waals surface area (Å²) >= 11 is 0. The van der Waals surface area contributed by atoms with Gasteiger partial charge in [0.05, 0.1) is 16.1 Å². The highest BCUT2D eigenvalue weighted by Crippen LogP contribution is 2.30. The minimum Gasteiger partial charge on any atom is -0.506 e. The molecule has 10 heteroatoms. The number of benzene rings is 2. The van der Waals surface area contributed by atoms with E-state index in [9.17, 15) is 27.1 Å². The van der Waals surface area contributed by atoms with Gasteiger partial charge in [0.25, 0.3) is 5.91 Å². The maximum absolute atomic E-state index is 12.7. The molecule has 0 atom stereocenters. The fourth-order valence-corrected chi connectivity index (χ4v) is 4.44. The van der Waals surface area contributed by atoms with Crippen LogP contribution in [0.5, 0.6) is 11.5 Å². The number of ether oxygens (including phenoxy) is 1. The van der Waals surface area contributed by atoms with E-state index in [1.807, 2.05) is 0 Å². The molecular formula is C18H18F2N2O5S. The molecule has 2 N–H and O–H groups in total. The second kappa shape index (κ2) is 8.11. The summed E-state index contributed by atoms with van der Waals surface area (Å²) in [5, 5.41) is 12.3. The van der Waals surface area contributed by atoms with Crippen molar-refractivity contribution < 1.29 is 31.8 Å². The predicted octanol–water partition coefficient (Wildman–Crippen LogP) is 3.03. The van der Waals surface area contributed by atoms with Gasteiger partial charge in [-0.1, -0.05) is 12.1 Å². The van der Waals surface area contributed by atoms with E-state index in [1.165, 1.54) is 34.6 Å². The summed E-state index contributed by atoms with van der Waals surface area (Å²) in [6, 6.07) is 8.89. The Kier molecular flexibility index (Phi) is 5.80. The van der Waals surface area contributed by atoms with E-state index in [0.29, 0.717) is 13.1 Å². The number of carbonyl (C=O) groups is 1. The minimum absolute atomic E-state index is 0.0837. The number of hydrogen-bond acceptors (Lipinski definition) is 5. The molecule has 1 heterocycles. The number of phenols is 1. The number of phenolic OH excluding ortho intramolecular Hbond substituents is 1. The van der Waals surface area contributed by atoms with Crippen LogP contribution in [0.1, 0.15) is 23.2 Å². The highest BCUT2D eigenvalue weighted by atomic mass is 32.2. The first kappa shape index (κ1) is 20.0. The van der Waals surface area contributed by atoms with Crippen LogP contribution >= 0.6 is 0 Å². The normalized spacial score (nSPS) is 15.0. The van der Waals surface area contributed by atoms with Gasteiger partial charge in [-0.3, -0.25) is 4.79 Å². The number of nitrogens with zero attached hydrogens (tertiary/aromatic N) is 1. The summed E-state index contributed by atoms with van der Waals surface area (Å²) in [5.74, 6) is -1.53. The molecule has 150 valence electrons. The standard InChI is InChI=1S/C18H18F2N2O5S/c19-18(20)27-16-6-2-1-5-13(16)17(24)21-14-11-12(7-8-15(14)23)28(25,26)22-9-3-4-10-22/h1-2,5-8,11,18,23H,3-4,9-10H2,(H,21,24). The Morgan fingerprint density at radius 2 is 1.82 bits per heavy atom. The molecule has 1 amide bonds. The number of aromatic hydroxyl groups is 1. The second-order valence-electron chi connectivity index (χ2n) is 6.12. The van der Waals surface area contributed by atoms with Crippen LogP contribution in [0.15, 0.2) is 47.4 Å². The number of rotatable bonds is 6. The van der Waals surface area contributed by atoms with Crippen LogP contribution in [-0.4, -0.2) is 43.4 Å². The fraction of sp³-hybridized carbons (Fsp3) is 0.278. The average molecular weight is 412 g/mol. The third kappa shape index (κ3) is 4.23. The molecule has 3 rings (SSSR count). The van der Waals surface area contributed by atoms with Crippen molar-refractivity contribution in [3.63, 3.8) is 0 Å². The largest absolute Gasteiger partial charge is 0.506 e. The molecule has 0 aromatic heterocycles. The van der Waals surface area contributed by atoms with E-state index in [0.717, 1.165) is 25.0 Å². The summed E-state index contributed by atoms with van der Waals surface area (Å²) in [4.78, 5) is 12.4. The fourth-order valence-electron chi connectivity index (χ4n) is 2.90. The molecule has 0 unspecified atom stereocenters. The summed E-state index contributed by atoms with van der Waals surface area (Å²) in [5.41, 5.74) is -0.341. The number of anilines is 1. The molecule has 0 spiro atoms. The van der Waals surface area contributed by atoms with Crippen molar-refractivity contribution in [1.29, 1.82) is 0 Å². The first-order valence-corrected chi connectivity index (χ1v) is 9.91. The third-order valence-electron chi connectivity index (χ3n) is 4.27. The summed E-state index contributed by atoms with van der Waals surface area (Å²) in [6.07, 6.45) is 1.53. The van der Waals surface area contributed by atoms with Crippen LogP contribution in [0.2, 0.25) is 0 Å². The molecule has 1 saturated heterocycles. The summed E-state index contributed by atoms with van der Waals surface area (Å²) < 4.78 is 56.0. The maximum Gasteiger partial charge on any atom is 0.387 e. The number of alkyl halides is 2. The zero-order valence-electron chi connectivity index (χ0n) is 14.6. The lowest BCUT2D eigenvalue weighted by atomic mass is 10.2. The molecule has 1 fully saturated rings. The maximum atomic E-state index is 12.7. The van der Waals surface area contributed by atoms with Crippen molar-refractivity contribution in [2.75, 3.05) is 18.4 Å². The van der Waals surface area contributed by atoms with Crippen LogP contribution in [-0.2, 0) is 10.0 Å². The Bertz CT molecular complexity index is 976. The average Bonchev–Trinajstić information content (AvgIpc) is 3.19. The predicted molar refractivity (Wildman–Crippen MR) is 97.1 cm³/mol. The molecule has 0 radical (unpaired) electrons. The molecule has 0 bridgehead atoms. The lowest BCUT2D eigenvalue weighted by molar-refractivity contribution is -0.0501. The van der Waals surface area contributed by atoms with Gasteiger partial charge in [-0.25, -0.2) is 8.42 Å². The first-order chi connectivity index (χ1) is 13.3. The van der Waals surface area contributed by atoms with Gasteiger partial charge in [0.15, 0.2) is 0 Å². The monoisotopic (exact) mass is 412 g/mol. The zero-order valence-corrected chi connectivity index (χ0v) is 15.5. The van der Waals surface area contributed by atoms with Gasteiger partial charge in [0.1, 0.15) is 11.5 Å². The Morgan fingerprint density at radius 1 is 1.14 bits per heavy atom. The van der Waals surface area contributed by atoms with Crippen molar-refractivity contribution in [1.82, 2.24) is 4.31 Å². The van der Waals surface area contributed by atoms with Gasteiger partial charge < -0.3 is 15.2 Å². The Balaban J connectivity index is 1.88. The molecule has 0 aliphatic carbocycles. The molecule has 28 heavy (non-hydrogen) atoms. The van der Waals surface area contributed by atoms with E-state index in [-0.39, 0.29) is 27.6 Å². The molecule has 1 aliphatic heterocycles. The van der Waals surface area contributed by atoms with Gasteiger partial charge >= 0.3 is 6.61 Å². The quantitative estimate of drug-likeness (QED) is 0.711. The van der Waals surface area contributed by atoms with Gasteiger partial charge in [0.2, 0.25) is 10.0 Å². The van der Waals surface area contributed by atoms with Gasteiger partial charge in [0, 0.05) is 13.1 Å². The molecule has 0 saturated carbocycles. The van der Waals surface area contributed by atoms with Crippen molar-refractivity contribution in [2.24, 2.45) is 0 Å². The van der Waals surface area contributed by atoms with Crippen LogP contribution in [0, 0.1) is 0 Å². The van der Waals surface area contributed by atoms with Crippen molar-refractivity contribution >= 4 is 21.6 Å². The lowest BCUT2D eigenvalue weighted by Crippen LogP contribution is -2.28. The van der Waals surface area contributed by atoms with E-state index in [4.69, 9.17) is 0 Å². The van der Waals surface area contributed by atoms with Crippen LogP contribution < -0.4 is 10.1 Å². The molecule has 7 nitrogen and oxygen atoms in total. The number of halogens is 2. The number of sulfonamides is 1. The Labute approximate surface area is 160 Å². The van der Waals surface area contributed by atoms with Gasteiger partial charge in [-0.05, 0) is 43.2 Å². The molecule has 1 aliphatic rings. The highest BCUT2D eigenvalue weighted by Gasteiger charge is 2.28. The minimum atomic E-state index is -3.76. The summed E-state index contributed by atoms with van der Waals surface area (Å²) in [7, 11) is -3.76. The van der Waals surface area contributed by atoms with E-state index < -0.39 is 22.5 Å². The highest BCUT2D eigenvalue weighted by molar-refractivity contribution is 7.89. The van der Waals surface area contributed by atoms with E-state index >= 15 is 0 Å². The van der Waals surface area contributed by atoms with Crippen molar-refractivity contribution in [3.05, 3.63) is 48.0 Å². The number of para-hydroxylation sites is 1. The van der Waals surface area contributed by atoms with Crippen molar-refractivity contribution in [3.8, 4) is 11.5 Å². The first-order valence-electron chi connectivity index (χ1n) is 8.47. The topological polar surface area (TPSA) is 95.9 Å². The SMILES string of the molecule is O=C(Nc1cc(S(=O)(=O)N2CCCC2)ccc1O)c1ccccc1OC(F)F. The zero-order chi connectivity index (χ0) is 20.3. The number of amides is 1. The lowest BCUT2D eigenvalue weighted by Gasteiger charge is -2.17. The Morgan fingerprint density at radius 3 is 2.50 bits per heavy atom. The smallest absolute Gasteiger partial charge is 0.387 e. The van der Waals surface area contributed by atoms with Crippen molar-refractivity contribution in [2.45, 2.75) is 24.3 Å². The summed E-state index contributed by atoms with van der Waals surface area (Å²) in [6.45, 7) is -2.30. The number of nitrogens with one attached hydrogen (secondary N) is 1.